The van der Waals surface area contributed by atoms with E-state index >= 15 is 0 Å². The van der Waals surface area contributed by atoms with Gasteiger partial charge in [-0.05, 0) is 5.56 Å². The monoisotopic (exact) mass is 251 g/mol. The van der Waals surface area contributed by atoms with Crippen molar-refractivity contribution in [2.24, 2.45) is 5.73 Å². The molecule has 0 spiro atoms. The van der Waals surface area contributed by atoms with Gasteiger partial charge in [0, 0.05) is 0 Å². The average Bonchev–Trinajstić information content (AvgIpc) is 2.14. The van der Waals surface area contributed by atoms with Gasteiger partial charge in [-0.15, -0.1) is 0 Å². The Labute approximate surface area is 97.7 Å². The summed E-state index contributed by atoms with van der Waals surface area (Å²) in [7, 11) is 0. The normalized spacial score (nSPS) is 12.9. The fraction of sp³-hybridized carbons (Fsp3) is 0.222. The molecule has 0 saturated carbocycles. The Morgan fingerprint density at radius 3 is 2.29 bits per heavy atom. The van der Waals surface area contributed by atoms with Gasteiger partial charge in [-0.25, -0.2) is 0 Å². The van der Waals surface area contributed by atoms with Crippen molar-refractivity contribution in [2.45, 2.75) is 10.3 Å². The molecule has 0 aromatic heterocycles. The van der Waals surface area contributed by atoms with Crippen molar-refractivity contribution < 1.29 is 4.99 Å². The van der Waals surface area contributed by atoms with Gasteiger partial charge in [-0.1, -0.05) is 65.1 Å². The van der Waals surface area contributed by atoms with Crippen molar-refractivity contribution in [1.82, 2.24) is 0 Å². The Balaban J connectivity index is 2.65. The third kappa shape index (κ3) is 3.74. The van der Waals surface area contributed by atoms with Crippen molar-refractivity contribution in [3.8, 4) is 0 Å². The number of benzene rings is 1. The SMILES string of the molecule is NC(=[NH+]Cc1ccccc1)C(Cl)(Cl)Cl. The molecular weight excluding hydrogens is 242 g/mol. The molecule has 5 heteroatoms. The number of hydrogen-bond donors (Lipinski definition) is 2. The van der Waals surface area contributed by atoms with E-state index in [9.17, 15) is 0 Å². The van der Waals surface area contributed by atoms with E-state index in [2.05, 4.69) is 4.99 Å². The lowest BCUT2D eigenvalue weighted by Gasteiger charge is -2.04. The van der Waals surface area contributed by atoms with Crippen molar-refractivity contribution in [3.63, 3.8) is 0 Å². The lowest BCUT2D eigenvalue weighted by molar-refractivity contribution is -0.477. The number of nitrogens with one attached hydrogen (secondary N) is 1. The molecule has 3 N–H and O–H groups in total. The van der Waals surface area contributed by atoms with Crippen LogP contribution < -0.4 is 10.7 Å². The lowest BCUT2D eigenvalue weighted by atomic mass is 10.2. The van der Waals surface area contributed by atoms with Crippen LogP contribution in [0.25, 0.3) is 0 Å². The van der Waals surface area contributed by atoms with Crippen molar-refractivity contribution >= 4 is 40.6 Å². The van der Waals surface area contributed by atoms with Gasteiger partial charge in [-0.2, -0.15) is 0 Å². The summed E-state index contributed by atoms with van der Waals surface area (Å²) in [4.78, 5) is 2.84. The van der Waals surface area contributed by atoms with E-state index in [0.717, 1.165) is 5.56 Å². The highest BCUT2D eigenvalue weighted by molar-refractivity contribution is 6.76. The van der Waals surface area contributed by atoms with Gasteiger partial charge in [0.1, 0.15) is 6.54 Å². The molecule has 0 saturated heterocycles. The molecule has 0 bridgehead atoms. The first-order chi connectivity index (χ1) is 6.50. The molecule has 1 rings (SSSR count). The predicted molar refractivity (Wildman–Crippen MR) is 60.6 cm³/mol. The fourth-order valence-electron chi connectivity index (χ4n) is 0.893. The van der Waals surface area contributed by atoms with Gasteiger partial charge in [0.2, 0.25) is 0 Å². The van der Waals surface area contributed by atoms with E-state index in [1.807, 2.05) is 30.3 Å². The first kappa shape index (κ1) is 11.6. The third-order valence-corrected chi connectivity index (χ3v) is 2.24. The van der Waals surface area contributed by atoms with E-state index < -0.39 is 3.79 Å². The van der Waals surface area contributed by atoms with Crippen LogP contribution in [0.4, 0.5) is 0 Å². The predicted octanol–water partition coefficient (Wildman–Crippen LogP) is 0.995. The maximum absolute atomic E-state index is 5.56. The van der Waals surface area contributed by atoms with E-state index in [1.54, 1.807) is 0 Å². The Morgan fingerprint density at radius 1 is 1.21 bits per heavy atom. The van der Waals surface area contributed by atoms with Crippen LogP contribution in [0.1, 0.15) is 5.56 Å². The summed E-state index contributed by atoms with van der Waals surface area (Å²) in [5.74, 6) is 0.131. The largest absolute Gasteiger partial charge is 0.293 e. The van der Waals surface area contributed by atoms with E-state index in [0.29, 0.717) is 6.54 Å². The van der Waals surface area contributed by atoms with Crippen LogP contribution in [0.5, 0.6) is 0 Å². The minimum atomic E-state index is -1.56. The number of hydrogen-bond acceptors (Lipinski definition) is 0. The lowest BCUT2D eigenvalue weighted by Crippen LogP contribution is -2.76. The zero-order valence-corrected chi connectivity index (χ0v) is 9.57. The molecule has 1 aromatic rings. The second-order valence-corrected chi connectivity index (χ2v) is 5.03. The summed E-state index contributed by atoms with van der Waals surface area (Å²) in [6.45, 7) is 0.542. The third-order valence-electron chi connectivity index (χ3n) is 1.63. The average molecular weight is 253 g/mol. The van der Waals surface area contributed by atoms with Crippen molar-refractivity contribution in [2.75, 3.05) is 0 Å². The molecule has 1 aromatic carbocycles. The summed E-state index contributed by atoms with van der Waals surface area (Å²) >= 11 is 16.7. The molecule has 0 aliphatic rings. The van der Waals surface area contributed by atoms with Gasteiger partial charge in [0.15, 0.2) is 0 Å². The number of nitrogens with two attached hydrogens (primary N) is 1. The molecule has 2 nitrogen and oxygen atoms in total. The van der Waals surface area contributed by atoms with Crippen LogP contribution in [-0.4, -0.2) is 9.63 Å². The first-order valence-corrected chi connectivity index (χ1v) is 5.11. The quantitative estimate of drug-likeness (QED) is 0.460. The van der Waals surface area contributed by atoms with Crippen molar-refractivity contribution in [1.29, 1.82) is 0 Å². The highest BCUT2D eigenvalue weighted by Gasteiger charge is 2.30. The van der Waals surface area contributed by atoms with E-state index in [-0.39, 0.29) is 5.84 Å². The number of halogens is 3. The van der Waals surface area contributed by atoms with Crippen LogP contribution >= 0.6 is 34.8 Å². The van der Waals surface area contributed by atoms with Crippen LogP contribution in [0, 0.1) is 0 Å². The van der Waals surface area contributed by atoms with Gasteiger partial charge >= 0.3 is 0 Å². The molecule has 0 amide bonds. The number of rotatable bonds is 2. The van der Waals surface area contributed by atoms with Gasteiger partial charge in [0.25, 0.3) is 9.63 Å². The topological polar surface area (TPSA) is 40.0 Å². The van der Waals surface area contributed by atoms with Crippen LogP contribution in [0.2, 0.25) is 0 Å². The second kappa shape index (κ2) is 4.87. The molecule has 0 aliphatic heterocycles. The first-order valence-electron chi connectivity index (χ1n) is 3.97. The fourth-order valence-corrected chi connectivity index (χ4v) is 1.09. The number of amidine groups is 1. The maximum atomic E-state index is 5.56. The van der Waals surface area contributed by atoms with Gasteiger partial charge < -0.3 is 0 Å². The minimum absolute atomic E-state index is 0.131. The highest BCUT2D eigenvalue weighted by atomic mass is 35.6. The van der Waals surface area contributed by atoms with Crippen LogP contribution in [0.15, 0.2) is 30.3 Å². The molecule has 76 valence electrons. The Morgan fingerprint density at radius 2 is 1.79 bits per heavy atom. The number of alkyl halides is 3. The summed E-state index contributed by atoms with van der Waals surface area (Å²) in [5, 5.41) is 0. The standard InChI is InChI=1S/C9H9Cl3N2/c10-9(11,12)8(13)14-6-7-4-2-1-3-5-7/h1-5H,6H2,(H2,13,14)/p+1. The zero-order valence-electron chi connectivity index (χ0n) is 7.31. The summed E-state index contributed by atoms with van der Waals surface area (Å²) in [6, 6.07) is 9.72. The van der Waals surface area contributed by atoms with Crippen LogP contribution in [-0.2, 0) is 6.54 Å². The smallest absolute Gasteiger partial charge is 0.287 e. The Hall–Kier alpha value is -0.440. The summed E-state index contributed by atoms with van der Waals surface area (Å²) < 4.78 is -1.56. The van der Waals surface area contributed by atoms with Gasteiger partial charge in [0.05, 0.1) is 0 Å². The van der Waals surface area contributed by atoms with E-state index in [1.165, 1.54) is 0 Å². The molecule has 0 fully saturated rings. The highest BCUT2D eigenvalue weighted by Crippen LogP contribution is 2.23. The molecular formula is C9H10Cl3N2+. The van der Waals surface area contributed by atoms with E-state index in [4.69, 9.17) is 40.5 Å². The van der Waals surface area contributed by atoms with Crippen LogP contribution in [0.3, 0.4) is 0 Å². The maximum Gasteiger partial charge on any atom is 0.293 e. The second-order valence-electron chi connectivity index (χ2n) is 2.75. The molecule has 0 heterocycles. The summed E-state index contributed by atoms with van der Waals surface area (Å²) in [6.07, 6.45) is 0. The Bertz CT molecular complexity index is 317. The minimum Gasteiger partial charge on any atom is -0.287 e. The molecule has 14 heavy (non-hydrogen) atoms. The molecule has 0 aliphatic carbocycles. The van der Waals surface area contributed by atoms with Crippen molar-refractivity contribution in [3.05, 3.63) is 35.9 Å². The zero-order chi connectivity index (χ0) is 10.6. The molecule has 0 atom stereocenters. The van der Waals surface area contributed by atoms with Gasteiger partial charge in [-0.3, -0.25) is 10.7 Å². The Kier molecular flexibility index (Phi) is 4.05. The molecule has 0 radical (unpaired) electrons. The summed E-state index contributed by atoms with van der Waals surface area (Å²) in [5.41, 5.74) is 6.58. The molecule has 0 unspecified atom stereocenters.